The number of aliphatic carboxylic acids is 2. The van der Waals surface area contributed by atoms with Gasteiger partial charge in [-0.05, 0) is 89.5 Å². The molecule has 0 saturated carbocycles. The highest BCUT2D eigenvalue weighted by atomic mass is 32.2. The summed E-state index contributed by atoms with van der Waals surface area (Å²) in [6.45, 7) is 10.8. The number of hydrogen-bond donors (Lipinski definition) is 2. The number of rotatable bonds is 8. The first kappa shape index (κ1) is 28.2. The van der Waals surface area contributed by atoms with Crippen LogP contribution in [0.4, 0.5) is 0 Å². The van der Waals surface area contributed by atoms with Gasteiger partial charge in [-0.15, -0.1) is 23.1 Å². The lowest BCUT2D eigenvalue weighted by molar-refractivity contribution is -0.134. The molecule has 0 aliphatic carbocycles. The van der Waals surface area contributed by atoms with Gasteiger partial charge in [0.1, 0.15) is 0 Å². The summed E-state index contributed by atoms with van der Waals surface area (Å²) in [6.07, 6.45) is 5.97. The Balaban J connectivity index is 0.000000392. The van der Waals surface area contributed by atoms with Crippen molar-refractivity contribution in [3.8, 4) is 0 Å². The number of carboxylic acid groups (broad SMARTS) is 2. The van der Waals surface area contributed by atoms with Crippen LogP contribution >= 0.6 is 23.1 Å². The first-order valence-corrected chi connectivity index (χ1v) is 14.1. The Bertz CT molecular complexity index is 1040. The topological polar surface area (TPSA) is 98.2 Å². The molecule has 1 aromatic heterocycles. The van der Waals surface area contributed by atoms with Crippen LogP contribution in [0.3, 0.4) is 0 Å². The number of carboxylic acids is 2. The van der Waals surface area contributed by atoms with Crippen molar-refractivity contribution in [1.29, 1.82) is 0 Å². The van der Waals surface area contributed by atoms with E-state index in [1.807, 2.05) is 11.3 Å². The minimum atomic E-state index is -1.26. The predicted octanol–water partition coefficient (Wildman–Crippen LogP) is 5.27. The zero-order valence-corrected chi connectivity index (χ0v) is 22.8. The monoisotopic (exact) mass is 532 g/mol. The van der Waals surface area contributed by atoms with Gasteiger partial charge in [-0.25, -0.2) is 9.59 Å². The van der Waals surface area contributed by atoms with Crippen molar-refractivity contribution < 1.29 is 24.6 Å². The van der Waals surface area contributed by atoms with E-state index in [4.69, 9.17) is 10.2 Å². The molecule has 2 aliphatic heterocycles. The average molecular weight is 533 g/mol. The SMILES string of the molecule is CC1SC(C)(C)C(=O)N1CCCCN1CCC(c2cc3ccccc3s2)CC1.O=C(O)/C=C\C(=O)O. The number of amides is 1. The van der Waals surface area contributed by atoms with Crippen molar-refractivity contribution in [2.75, 3.05) is 26.2 Å². The molecule has 0 spiro atoms. The molecule has 4 rings (SSSR count). The highest BCUT2D eigenvalue weighted by Gasteiger charge is 2.43. The van der Waals surface area contributed by atoms with Crippen LogP contribution in [-0.4, -0.2) is 74.2 Å². The van der Waals surface area contributed by atoms with Gasteiger partial charge in [0.2, 0.25) is 5.91 Å². The third kappa shape index (κ3) is 7.82. The Morgan fingerprint density at radius 1 is 1.06 bits per heavy atom. The molecule has 1 aromatic carbocycles. The van der Waals surface area contributed by atoms with E-state index in [9.17, 15) is 14.4 Å². The number of hydrogen-bond acceptors (Lipinski definition) is 6. The van der Waals surface area contributed by atoms with Crippen LogP contribution in [0, 0.1) is 0 Å². The fraction of sp³-hybridized carbons (Fsp3) is 0.519. The molecule has 2 saturated heterocycles. The molecule has 7 nitrogen and oxygen atoms in total. The van der Waals surface area contributed by atoms with Crippen LogP contribution in [0.25, 0.3) is 10.1 Å². The summed E-state index contributed by atoms with van der Waals surface area (Å²) in [6, 6.07) is 11.2. The van der Waals surface area contributed by atoms with Crippen LogP contribution in [-0.2, 0) is 14.4 Å². The van der Waals surface area contributed by atoms with E-state index >= 15 is 0 Å². The van der Waals surface area contributed by atoms with Gasteiger partial charge in [0.25, 0.3) is 0 Å². The maximum atomic E-state index is 12.5. The summed E-state index contributed by atoms with van der Waals surface area (Å²) in [4.78, 5) is 37.8. The largest absolute Gasteiger partial charge is 0.478 e. The van der Waals surface area contributed by atoms with E-state index in [1.54, 1.807) is 16.6 Å². The van der Waals surface area contributed by atoms with E-state index in [-0.39, 0.29) is 4.75 Å². The van der Waals surface area contributed by atoms with E-state index in [0.29, 0.717) is 23.4 Å². The van der Waals surface area contributed by atoms with Gasteiger partial charge < -0.3 is 20.0 Å². The van der Waals surface area contributed by atoms with Gasteiger partial charge >= 0.3 is 11.9 Å². The smallest absolute Gasteiger partial charge is 0.328 e. The zero-order valence-electron chi connectivity index (χ0n) is 21.2. The van der Waals surface area contributed by atoms with E-state index in [2.05, 4.69) is 60.9 Å². The summed E-state index contributed by atoms with van der Waals surface area (Å²) in [7, 11) is 0. The molecule has 36 heavy (non-hydrogen) atoms. The van der Waals surface area contributed by atoms with E-state index in [0.717, 1.165) is 18.9 Å². The number of thioether (sulfide) groups is 1. The molecule has 0 bridgehead atoms. The third-order valence-corrected chi connectivity index (χ3v) is 9.24. The Morgan fingerprint density at radius 3 is 2.22 bits per heavy atom. The second-order valence-corrected chi connectivity index (χ2v) is 12.8. The van der Waals surface area contributed by atoms with Crippen molar-refractivity contribution in [2.24, 2.45) is 0 Å². The van der Waals surface area contributed by atoms with Crippen molar-refractivity contribution in [3.05, 3.63) is 47.4 Å². The molecule has 2 N–H and O–H groups in total. The summed E-state index contributed by atoms with van der Waals surface area (Å²) in [5.41, 5.74) is 0. The molecule has 2 aliphatic rings. The molecule has 1 unspecified atom stereocenters. The average Bonchev–Trinajstić information content (AvgIpc) is 3.34. The van der Waals surface area contributed by atoms with Gasteiger partial charge in [0.05, 0.1) is 10.1 Å². The fourth-order valence-electron chi connectivity index (χ4n) is 4.74. The molecule has 196 valence electrons. The number of unbranched alkanes of at least 4 members (excludes halogenated alkanes) is 1. The Morgan fingerprint density at radius 2 is 1.67 bits per heavy atom. The summed E-state index contributed by atoms with van der Waals surface area (Å²) in [5, 5.41) is 17.3. The maximum absolute atomic E-state index is 12.5. The Labute approximate surface area is 221 Å². The lowest BCUT2D eigenvalue weighted by Crippen LogP contribution is -2.38. The number of nitrogens with zero attached hydrogens (tertiary/aromatic N) is 2. The van der Waals surface area contributed by atoms with Crippen LogP contribution in [0.15, 0.2) is 42.5 Å². The number of carbonyl (C=O) groups excluding carboxylic acids is 1. The van der Waals surface area contributed by atoms with Crippen molar-refractivity contribution in [3.63, 3.8) is 0 Å². The van der Waals surface area contributed by atoms with Gasteiger partial charge in [-0.1, -0.05) is 18.2 Å². The van der Waals surface area contributed by atoms with Gasteiger partial charge in [0.15, 0.2) is 0 Å². The van der Waals surface area contributed by atoms with Crippen LogP contribution < -0.4 is 0 Å². The summed E-state index contributed by atoms with van der Waals surface area (Å²) >= 11 is 3.77. The molecule has 0 radical (unpaired) electrons. The lowest BCUT2D eigenvalue weighted by atomic mass is 9.95. The quantitative estimate of drug-likeness (QED) is 0.353. The lowest BCUT2D eigenvalue weighted by Gasteiger charge is -2.31. The number of carbonyl (C=O) groups is 3. The second kappa shape index (κ2) is 12.7. The molecular weight excluding hydrogens is 496 g/mol. The van der Waals surface area contributed by atoms with Crippen LogP contribution in [0.5, 0.6) is 0 Å². The molecular formula is C27H36N2O5S2. The number of piperidine rings is 1. The van der Waals surface area contributed by atoms with Crippen molar-refractivity contribution in [2.45, 2.75) is 62.5 Å². The van der Waals surface area contributed by atoms with Gasteiger partial charge in [0, 0.05) is 28.3 Å². The second-order valence-electron chi connectivity index (χ2n) is 9.75. The number of fused-ring (bicyclic) bond motifs is 1. The molecule has 9 heteroatoms. The van der Waals surface area contributed by atoms with Crippen molar-refractivity contribution in [1.82, 2.24) is 9.80 Å². The summed E-state index contributed by atoms with van der Waals surface area (Å²) in [5.74, 6) is -1.47. The molecule has 1 atom stereocenters. The zero-order chi connectivity index (χ0) is 26.3. The standard InChI is InChI=1S/C23H32N2OS2.C4H4O4/c1-17-25(22(26)23(2,3)28-17)13-7-6-12-24-14-10-18(11-15-24)21-16-19-8-4-5-9-20(19)27-21;5-3(6)1-2-4(7)8/h4-5,8-9,16-18H,6-7,10-15H2,1-3H3;1-2H,(H,5,6)(H,7,8)/b;2-1-. The highest BCUT2D eigenvalue weighted by molar-refractivity contribution is 8.02. The Hall–Kier alpha value is -2.36. The van der Waals surface area contributed by atoms with Gasteiger partial charge in [-0.3, -0.25) is 4.79 Å². The predicted molar refractivity (Wildman–Crippen MR) is 147 cm³/mol. The summed E-state index contributed by atoms with van der Waals surface area (Å²) < 4.78 is 1.18. The number of benzene rings is 1. The third-order valence-electron chi connectivity index (χ3n) is 6.61. The highest BCUT2D eigenvalue weighted by Crippen LogP contribution is 2.40. The normalized spacial score (nSPS) is 20.6. The molecule has 1 amide bonds. The fourth-order valence-corrected chi connectivity index (χ4v) is 7.37. The first-order valence-electron chi connectivity index (χ1n) is 12.4. The minimum absolute atomic E-state index is 0.242. The van der Waals surface area contributed by atoms with Crippen LogP contribution in [0.2, 0.25) is 0 Å². The number of thiophene rings is 1. The van der Waals surface area contributed by atoms with Crippen molar-refractivity contribution >= 4 is 51.0 Å². The van der Waals surface area contributed by atoms with Crippen LogP contribution in [0.1, 0.15) is 57.2 Å². The van der Waals surface area contributed by atoms with E-state index < -0.39 is 11.9 Å². The van der Waals surface area contributed by atoms with E-state index in [1.165, 1.54) is 49.0 Å². The maximum Gasteiger partial charge on any atom is 0.328 e. The molecule has 2 fully saturated rings. The first-order chi connectivity index (χ1) is 17.1. The molecule has 3 heterocycles. The molecule has 2 aromatic rings. The Kier molecular flexibility index (Phi) is 9.99. The number of likely N-dealkylation sites (tertiary alicyclic amines) is 1. The van der Waals surface area contributed by atoms with Gasteiger partial charge in [-0.2, -0.15) is 0 Å². The minimum Gasteiger partial charge on any atom is -0.478 e.